The number of nitrogens with one attached hydrogen (secondary N) is 2. The fourth-order valence-corrected chi connectivity index (χ4v) is 5.23. The molecule has 2 saturated heterocycles. The summed E-state index contributed by atoms with van der Waals surface area (Å²) in [5.41, 5.74) is 4.62. The number of amides is 2. The first-order valence-electron chi connectivity index (χ1n) is 10.9. The van der Waals surface area contributed by atoms with E-state index in [1.54, 1.807) is 13.2 Å². The maximum atomic E-state index is 13.2. The number of ether oxygens (including phenoxy) is 1. The van der Waals surface area contributed by atoms with Crippen molar-refractivity contribution in [2.45, 2.75) is 81.1 Å². The maximum absolute atomic E-state index is 13.2. The second kappa shape index (κ2) is 11.8. The predicted octanol–water partition coefficient (Wildman–Crippen LogP) is -1.77. The van der Waals surface area contributed by atoms with Crippen LogP contribution >= 0.6 is 11.8 Å². The van der Waals surface area contributed by atoms with Gasteiger partial charge in [-0.15, -0.1) is 11.8 Å². The number of likely N-dealkylation sites (tertiary alicyclic amines) is 1. The Morgan fingerprint density at radius 1 is 1.23 bits per heavy atom. The molecule has 0 aromatic carbocycles. The Labute approximate surface area is 188 Å². The Balaban J connectivity index is 2.22. The lowest BCUT2D eigenvalue weighted by Crippen LogP contribution is -2.67. The lowest BCUT2D eigenvalue weighted by molar-refractivity contribution is -0.207. The van der Waals surface area contributed by atoms with Gasteiger partial charge in [-0.25, -0.2) is 0 Å². The first-order chi connectivity index (χ1) is 14.6. The van der Waals surface area contributed by atoms with Crippen molar-refractivity contribution in [3.8, 4) is 0 Å². The largest absolute Gasteiger partial charge is 0.388 e. The number of aliphatic hydroxyl groups excluding tert-OH is 3. The van der Waals surface area contributed by atoms with Gasteiger partial charge in [-0.2, -0.15) is 0 Å². The number of rotatable bonds is 9. The van der Waals surface area contributed by atoms with Gasteiger partial charge in [0, 0.05) is 12.6 Å². The minimum Gasteiger partial charge on any atom is -0.388 e. The number of likely N-dealkylation sites (N-methyl/N-ethyl adjacent to an activating group) is 1. The zero-order chi connectivity index (χ0) is 23.3. The minimum absolute atomic E-state index is 0.224. The maximum Gasteiger partial charge on any atom is 0.237 e. The molecule has 0 saturated carbocycles. The summed E-state index contributed by atoms with van der Waals surface area (Å²) in [7, 11) is 1.91. The molecule has 0 aromatic heterocycles. The zero-order valence-electron chi connectivity index (χ0n) is 18.7. The van der Waals surface area contributed by atoms with Crippen LogP contribution in [-0.4, -0.2) is 106 Å². The van der Waals surface area contributed by atoms with E-state index in [4.69, 9.17) is 10.5 Å². The first kappa shape index (κ1) is 26.3. The molecule has 180 valence electrons. The number of nitrogens with two attached hydrogens (primary N) is 1. The van der Waals surface area contributed by atoms with Crippen molar-refractivity contribution in [1.29, 1.82) is 0 Å². The summed E-state index contributed by atoms with van der Waals surface area (Å²) in [6.07, 6.45) is -0.667. The van der Waals surface area contributed by atoms with E-state index in [-0.39, 0.29) is 18.5 Å². The Morgan fingerprint density at radius 3 is 2.48 bits per heavy atom. The molecule has 2 aliphatic rings. The Kier molecular flexibility index (Phi) is 9.99. The second-order valence-corrected chi connectivity index (χ2v) is 9.55. The molecule has 10 nitrogen and oxygen atoms in total. The normalized spacial score (nSPS) is 36.1. The van der Waals surface area contributed by atoms with Crippen LogP contribution in [0.15, 0.2) is 0 Å². The van der Waals surface area contributed by atoms with Crippen LogP contribution in [0.4, 0.5) is 0 Å². The molecule has 31 heavy (non-hydrogen) atoms. The lowest BCUT2D eigenvalue weighted by atomic mass is 9.90. The fourth-order valence-electron chi connectivity index (χ4n) is 4.55. The zero-order valence-corrected chi connectivity index (χ0v) is 19.5. The molecule has 0 spiro atoms. The molecule has 2 aliphatic heterocycles. The van der Waals surface area contributed by atoms with E-state index in [9.17, 15) is 24.9 Å². The average molecular weight is 463 g/mol. The van der Waals surface area contributed by atoms with Gasteiger partial charge in [-0.05, 0) is 39.0 Å². The Bertz CT molecular complexity index is 612. The highest BCUT2D eigenvalue weighted by atomic mass is 32.2. The highest BCUT2D eigenvalue weighted by Crippen LogP contribution is 2.30. The van der Waals surface area contributed by atoms with Gasteiger partial charge >= 0.3 is 0 Å². The molecule has 3 unspecified atom stereocenters. The average Bonchev–Trinajstić information content (AvgIpc) is 3.11. The summed E-state index contributed by atoms with van der Waals surface area (Å²) in [5, 5.41) is 36.8. The smallest absolute Gasteiger partial charge is 0.237 e. The summed E-state index contributed by atoms with van der Waals surface area (Å²) in [6, 6.07) is -1.81. The van der Waals surface area contributed by atoms with Crippen LogP contribution in [0.2, 0.25) is 0 Å². The van der Waals surface area contributed by atoms with Gasteiger partial charge in [-0.3, -0.25) is 14.5 Å². The van der Waals surface area contributed by atoms with E-state index in [1.807, 2.05) is 11.9 Å². The van der Waals surface area contributed by atoms with Crippen LogP contribution in [0, 0.1) is 5.92 Å². The van der Waals surface area contributed by atoms with E-state index < -0.39 is 47.8 Å². The standard InChI is InChI=1S/C20H38N4O6S/c1-5-6-11-7-12(24(3)9-11)19(29)23-14(10(2)22-13(25)8-21)18-16(27)15(26)17(28)20(30-18)31-4/h10-12,14-18,20,26-28H,5-9,21H2,1-4H3,(H,22,25)(H,23,29)/t10-,11+,12-,14+,15?,16?,17+,18+,20?/m0/s1. The van der Waals surface area contributed by atoms with Crippen molar-refractivity contribution < 1.29 is 29.6 Å². The van der Waals surface area contributed by atoms with Crippen LogP contribution in [0.3, 0.4) is 0 Å². The molecule has 0 radical (unpaired) electrons. The highest BCUT2D eigenvalue weighted by Gasteiger charge is 2.48. The van der Waals surface area contributed by atoms with Crippen molar-refractivity contribution in [1.82, 2.24) is 15.5 Å². The van der Waals surface area contributed by atoms with Crippen LogP contribution in [-0.2, 0) is 14.3 Å². The fraction of sp³-hybridized carbons (Fsp3) is 0.900. The van der Waals surface area contributed by atoms with E-state index in [0.717, 1.165) is 25.8 Å². The summed E-state index contributed by atoms with van der Waals surface area (Å²) in [4.78, 5) is 27.1. The molecular formula is C20H38N4O6S. The molecule has 11 heteroatoms. The number of nitrogens with zero attached hydrogens (tertiary/aromatic N) is 1. The molecule has 2 heterocycles. The number of carbonyl (C=O) groups is 2. The van der Waals surface area contributed by atoms with Gasteiger partial charge in [0.1, 0.15) is 29.9 Å². The lowest BCUT2D eigenvalue weighted by Gasteiger charge is -2.45. The van der Waals surface area contributed by atoms with Crippen molar-refractivity contribution in [2.24, 2.45) is 11.7 Å². The summed E-state index contributed by atoms with van der Waals surface area (Å²) in [5.74, 6) is -0.204. The Morgan fingerprint density at radius 2 is 1.90 bits per heavy atom. The number of hydrogen-bond donors (Lipinski definition) is 6. The third-order valence-electron chi connectivity index (χ3n) is 6.25. The van der Waals surface area contributed by atoms with Crippen LogP contribution < -0.4 is 16.4 Å². The van der Waals surface area contributed by atoms with E-state index in [0.29, 0.717) is 5.92 Å². The number of carbonyl (C=O) groups excluding carboxylic acids is 2. The molecule has 0 aromatic rings. The number of hydrogen-bond acceptors (Lipinski definition) is 9. The van der Waals surface area contributed by atoms with Gasteiger partial charge in [0.15, 0.2) is 0 Å². The van der Waals surface area contributed by atoms with E-state index >= 15 is 0 Å². The minimum atomic E-state index is -1.45. The van der Waals surface area contributed by atoms with Gasteiger partial charge in [-0.1, -0.05) is 13.3 Å². The van der Waals surface area contributed by atoms with Gasteiger partial charge in [0.25, 0.3) is 0 Å². The third kappa shape index (κ3) is 6.31. The molecular weight excluding hydrogens is 424 g/mol. The molecule has 2 fully saturated rings. The summed E-state index contributed by atoms with van der Waals surface area (Å²) in [6.45, 7) is 4.41. The quantitative estimate of drug-likeness (QED) is 0.233. The predicted molar refractivity (Wildman–Crippen MR) is 118 cm³/mol. The van der Waals surface area contributed by atoms with Crippen molar-refractivity contribution in [3.63, 3.8) is 0 Å². The van der Waals surface area contributed by atoms with Crippen LogP contribution in [0.1, 0.15) is 33.1 Å². The molecule has 2 amide bonds. The number of aliphatic hydroxyl groups is 3. The molecule has 0 aliphatic carbocycles. The summed E-state index contributed by atoms with van der Waals surface area (Å²) >= 11 is 1.19. The van der Waals surface area contributed by atoms with E-state index in [1.165, 1.54) is 11.8 Å². The highest BCUT2D eigenvalue weighted by molar-refractivity contribution is 7.99. The second-order valence-electron chi connectivity index (χ2n) is 8.62. The van der Waals surface area contributed by atoms with Gasteiger partial charge < -0.3 is 36.4 Å². The van der Waals surface area contributed by atoms with Crippen molar-refractivity contribution >= 4 is 23.6 Å². The van der Waals surface area contributed by atoms with Crippen LogP contribution in [0.5, 0.6) is 0 Å². The number of thioether (sulfide) groups is 1. The SMILES string of the molecule is CCC[C@@H]1C[C@@H](C(=O)N[C@H]([C@H](C)NC(=O)CN)[C@H]2OC(SC)[C@H](O)C(O)C2O)N(C)C1. The van der Waals surface area contributed by atoms with E-state index in [2.05, 4.69) is 17.6 Å². The molecule has 0 bridgehead atoms. The molecule has 9 atom stereocenters. The van der Waals surface area contributed by atoms with Gasteiger partial charge in [0.05, 0.1) is 18.6 Å². The van der Waals surface area contributed by atoms with Crippen molar-refractivity contribution in [3.05, 3.63) is 0 Å². The third-order valence-corrected chi connectivity index (χ3v) is 7.10. The first-order valence-corrected chi connectivity index (χ1v) is 12.2. The monoisotopic (exact) mass is 462 g/mol. The topological polar surface area (TPSA) is 157 Å². The molecule has 7 N–H and O–H groups in total. The summed E-state index contributed by atoms with van der Waals surface area (Å²) < 4.78 is 5.87. The molecule has 2 rings (SSSR count). The Hall–Kier alpha value is -0.950. The van der Waals surface area contributed by atoms with Crippen molar-refractivity contribution in [2.75, 3.05) is 26.4 Å². The van der Waals surface area contributed by atoms with Crippen LogP contribution in [0.25, 0.3) is 0 Å². The van der Waals surface area contributed by atoms with Gasteiger partial charge in [0.2, 0.25) is 11.8 Å².